The van der Waals surface area contributed by atoms with Crippen molar-refractivity contribution in [1.82, 2.24) is 19.4 Å². The zero-order valence-electron chi connectivity index (χ0n) is 15.2. The van der Waals surface area contributed by atoms with Gasteiger partial charge < -0.3 is 9.47 Å². The first-order chi connectivity index (χ1) is 12.7. The Morgan fingerprint density at radius 2 is 2.08 bits per heavy atom. The summed E-state index contributed by atoms with van der Waals surface area (Å²) >= 11 is 0. The van der Waals surface area contributed by atoms with Crippen molar-refractivity contribution in [3.8, 4) is 12.3 Å². The van der Waals surface area contributed by atoms with Gasteiger partial charge in [0.1, 0.15) is 5.82 Å². The molecule has 1 amide bonds. The highest BCUT2D eigenvalue weighted by molar-refractivity contribution is 5.76. The van der Waals surface area contributed by atoms with E-state index in [0.717, 1.165) is 52.0 Å². The molecule has 0 spiro atoms. The van der Waals surface area contributed by atoms with Crippen molar-refractivity contribution < 1.29 is 4.79 Å². The second-order valence-electron chi connectivity index (χ2n) is 7.49. The first kappa shape index (κ1) is 17.2. The molecule has 4 heterocycles. The van der Waals surface area contributed by atoms with Crippen molar-refractivity contribution in [2.75, 3.05) is 26.2 Å². The van der Waals surface area contributed by atoms with Crippen LogP contribution in [0, 0.1) is 12.3 Å². The van der Waals surface area contributed by atoms with E-state index in [-0.39, 0.29) is 11.6 Å². The molecule has 0 aromatic carbocycles. The van der Waals surface area contributed by atoms with Crippen molar-refractivity contribution in [1.29, 1.82) is 0 Å². The van der Waals surface area contributed by atoms with Crippen molar-refractivity contribution >= 4 is 5.91 Å². The lowest BCUT2D eigenvalue weighted by Gasteiger charge is -2.41. The largest absolute Gasteiger partial charge is 0.340 e. The molecular weight excluding hydrogens is 328 g/mol. The molecule has 0 bridgehead atoms. The van der Waals surface area contributed by atoms with Gasteiger partial charge in [-0.15, -0.1) is 12.3 Å². The first-order valence-electron chi connectivity index (χ1n) is 9.58. The third-order valence-electron chi connectivity index (χ3n) is 5.89. The standard InChI is InChI=1S/C19H26N6O/c1-2-3-7-19(21-22-19)8-6-18(26)24-13-11-23(12-14-24)16-4-5-17-20-9-10-25(17)15-16/h1,9-10,16H,3-8,11-15H2. The third-order valence-corrected chi connectivity index (χ3v) is 5.89. The van der Waals surface area contributed by atoms with Gasteiger partial charge in [-0.3, -0.25) is 9.69 Å². The van der Waals surface area contributed by atoms with Gasteiger partial charge in [-0.25, -0.2) is 4.98 Å². The van der Waals surface area contributed by atoms with Crippen molar-refractivity contribution in [3.63, 3.8) is 0 Å². The van der Waals surface area contributed by atoms with E-state index in [1.165, 1.54) is 5.82 Å². The lowest BCUT2D eigenvalue weighted by molar-refractivity contribution is -0.133. The minimum Gasteiger partial charge on any atom is -0.340 e. The summed E-state index contributed by atoms with van der Waals surface area (Å²) in [6.07, 6.45) is 14.1. The molecule has 0 saturated carbocycles. The molecule has 0 radical (unpaired) electrons. The maximum Gasteiger partial charge on any atom is 0.222 e. The Morgan fingerprint density at radius 1 is 1.27 bits per heavy atom. The van der Waals surface area contributed by atoms with Gasteiger partial charge >= 0.3 is 0 Å². The number of piperazine rings is 1. The minimum absolute atomic E-state index is 0.225. The fourth-order valence-corrected chi connectivity index (χ4v) is 4.12. The van der Waals surface area contributed by atoms with Gasteiger partial charge in [-0.1, -0.05) is 0 Å². The summed E-state index contributed by atoms with van der Waals surface area (Å²) in [4.78, 5) is 21.5. The third kappa shape index (κ3) is 3.65. The van der Waals surface area contributed by atoms with Crippen LogP contribution in [0.3, 0.4) is 0 Å². The number of hydrogen-bond acceptors (Lipinski definition) is 5. The van der Waals surface area contributed by atoms with Crippen LogP contribution in [0.15, 0.2) is 22.6 Å². The number of terminal acetylenes is 1. The molecule has 1 unspecified atom stereocenters. The molecule has 0 N–H and O–H groups in total. The van der Waals surface area contributed by atoms with Gasteiger partial charge in [0, 0.05) is 83.3 Å². The average molecular weight is 354 g/mol. The molecule has 7 nitrogen and oxygen atoms in total. The lowest BCUT2D eigenvalue weighted by atomic mass is 10.0. The molecule has 1 aromatic rings. The molecule has 138 valence electrons. The van der Waals surface area contributed by atoms with Gasteiger partial charge in [-0.2, -0.15) is 10.2 Å². The van der Waals surface area contributed by atoms with E-state index >= 15 is 0 Å². The molecule has 26 heavy (non-hydrogen) atoms. The maximum absolute atomic E-state index is 12.5. The second kappa shape index (κ2) is 7.20. The van der Waals surface area contributed by atoms with E-state index in [9.17, 15) is 4.79 Å². The van der Waals surface area contributed by atoms with E-state index in [4.69, 9.17) is 6.42 Å². The second-order valence-corrected chi connectivity index (χ2v) is 7.49. The van der Waals surface area contributed by atoms with Gasteiger partial charge in [-0.05, 0) is 6.42 Å². The zero-order valence-corrected chi connectivity index (χ0v) is 15.2. The van der Waals surface area contributed by atoms with Crippen LogP contribution in [-0.4, -0.2) is 63.1 Å². The quantitative estimate of drug-likeness (QED) is 0.730. The predicted molar refractivity (Wildman–Crippen MR) is 97.4 cm³/mol. The molecule has 1 fully saturated rings. The number of aromatic nitrogens is 2. The van der Waals surface area contributed by atoms with Crippen LogP contribution >= 0.6 is 0 Å². The van der Waals surface area contributed by atoms with Gasteiger partial charge in [0.15, 0.2) is 5.66 Å². The van der Waals surface area contributed by atoms with E-state index in [1.54, 1.807) is 0 Å². The zero-order chi connectivity index (χ0) is 18.0. The lowest BCUT2D eigenvalue weighted by Crippen LogP contribution is -2.53. The Kier molecular flexibility index (Phi) is 4.77. The van der Waals surface area contributed by atoms with E-state index < -0.39 is 0 Å². The molecule has 3 aliphatic rings. The minimum atomic E-state index is -0.353. The van der Waals surface area contributed by atoms with Crippen molar-refractivity contribution in [3.05, 3.63) is 18.2 Å². The molecule has 4 rings (SSSR count). The van der Waals surface area contributed by atoms with Crippen molar-refractivity contribution in [2.45, 2.75) is 56.8 Å². The van der Waals surface area contributed by atoms with Crippen LogP contribution in [0.4, 0.5) is 0 Å². The fourth-order valence-electron chi connectivity index (χ4n) is 4.12. The Labute approximate surface area is 154 Å². The summed E-state index contributed by atoms with van der Waals surface area (Å²) in [5.41, 5.74) is -0.353. The highest BCUT2D eigenvalue weighted by Gasteiger charge is 2.40. The van der Waals surface area contributed by atoms with Gasteiger partial charge in [0.05, 0.1) is 0 Å². The number of fused-ring (bicyclic) bond motifs is 1. The molecule has 1 atom stereocenters. The van der Waals surface area contributed by atoms with E-state index in [2.05, 4.69) is 36.8 Å². The molecule has 0 aliphatic carbocycles. The number of hydrogen-bond donors (Lipinski definition) is 0. The topological polar surface area (TPSA) is 66.1 Å². The molecule has 1 aromatic heterocycles. The number of carbonyl (C=O) groups excluding carboxylic acids is 1. The van der Waals surface area contributed by atoms with Gasteiger partial charge in [0.25, 0.3) is 0 Å². The SMILES string of the molecule is C#CCCC1(CCC(=O)N2CCN(C3CCc4nccn4C3)CC2)N=N1. The Bertz CT molecular complexity index is 719. The summed E-state index contributed by atoms with van der Waals surface area (Å²) in [6, 6.07) is 0.560. The van der Waals surface area contributed by atoms with Crippen LogP contribution in [0.2, 0.25) is 0 Å². The Hall–Kier alpha value is -2.20. The number of rotatable bonds is 6. The van der Waals surface area contributed by atoms with E-state index in [1.807, 2.05) is 11.1 Å². The highest BCUT2D eigenvalue weighted by atomic mass is 16.2. The number of carbonyl (C=O) groups is 1. The maximum atomic E-state index is 12.5. The van der Waals surface area contributed by atoms with Crippen molar-refractivity contribution in [2.24, 2.45) is 10.2 Å². The average Bonchev–Trinajstić information content (AvgIpc) is 3.30. The normalized spacial score (nSPS) is 24.1. The molecule has 7 heteroatoms. The molecule has 1 saturated heterocycles. The summed E-state index contributed by atoms with van der Waals surface area (Å²) in [7, 11) is 0. The monoisotopic (exact) mass is 354 g/mol. The van der Waals surface area contributed by atoms with Gasteiger partial charge in [0.2, 0.25) is 5.91 Å². The summed E-state index contributed by atoms with van der Waals surface area (Å²) in [5.74, 6) is 4.05. The highest BCUT2D eigenvalue weighted by Crippen LogP contribution is 2.37. The summed E-state index contributed by atoms with van der Waals surface area (Å²) < 4.78 is 2.27. The van der Waals surface area contributed by atoms with Crippen LogP contribution in [0.5, 0.6) is 0 Å². The molecular formula is C19H26N6O. The Balaban J connectivity index is 1.21. The number of aryl methyl sites for hydroxylation is 1. The predicted octanol–water partition coefficient (Wildman–Crippen LogP) is 1.70. The number of imidazole rings is 1. The smallest absolute Gasteiger partial charge is 0.222 e. The van der Waals surface area contributed by atoms with Crippen LogP contribution in [0.25, 0.3) is 0 Å². The van der Waals surface area contributed by atoms with Crippen LogP contribution in [0.1, 0.15) is 37.9 Å². The van der Waals surface area contributed by atoms with Crippen LogP contribution in [-0.2, 0) is 17.8 Å². The summed E-state index contributed by atoms with van der Waals surface area (Å²) in [6.45, 7) is 4.56. The number of amides is 1. The fraction of sp³-hybridized carbons (Fsp3) is 0.684. The number of nitrogens with zero attached hydrogens (tertiary/aromatic N) is 6. The van der Waals surface area contributed by atoms with E-state index in [0.29, 0.717) is 25.3 Å². The Morgan fingerprint density at radius 3 is 2.81 bits per heavy atom. The first-order valence-corrected chi connectivity index (χ1v) is 9.58. The van der Waals surface area contributed by atoms with Crippen LogP contribution < -0.4 is 0 Å². The summed E-state index contributed by atoms with van der Waals surface area (Å²) in [5, 5.41) is 8.24. The molecule has 3 aliphatic heterocycles.